The van der Waals surface area contributed by atoms with E-state index in [-0.39, 0.29) is 12.8 Å². The van der Waals surface area contributed by atoms with Crippen molar-refractivity contribution in [1.82, 2.24) is 0 Å². The fourth-order valence-electron chi connectivity index (χ4n) is 3.64. The molecular weight excluding hydrogens is 422 g/mol. The van der Waals surface area contributed by atoms with E-state index < -0.39 is 65.8 Å². The molecule has 4 unspecified atom stereocenters. The van der Waals surface area contributed by atoms with Gasteiger partial charge in [-0.05, 0) is 40.5 Å². The Balaban J connectivity index is 2.03. The average molecular weight is 450 g/mol. The van der Waals surface area contributed by atoms with Gasteiger partial charge in [0.15, 0.2) is 0 Å². The lowest BCUT2D eigenvalue weighted by atomic mass is 9.77. The standard InChI is InChI=1S/C19H28F6O5/c1-6-15(2,3)14(26)30-13-8-11-10(7-12(13)29-11)16(4,5)28-9-17(27,18(20,21)22)19(23,24)25/h10-13,27H,6-9H2,1-5H3. The van der Waals surface area contributed by atoms with E-state index in [2.05, 4.69) is 0 Å². The first kappa shape index (κ1) is 25.2. The monoisotopic (exact) mass is 450 g/mol. The molecule has 30 heavy (non-hydrogen) atoms. The van der Waals surface area contributed by atoms with E-state index in [0.29, 0.717) is 6.42 Å². The van der Waals surface area contributed by atoms with Crippen molar-refractivity contribution in [1.29, 1.82) is 0 Å². The fourth-order valence-corrected chi connectivity index (χ4v) is 3.64. The van der Waals surface area contributed by atoms with Crippen LogP contribution in [-0.2, 0) is 19.0 Å². The summed E-state index contributed by atoms with van der Waals surface area (Å²) in [6.45, 7) is 6.06. The lowest BCUT2D eigenvalue weighted by Gasteiger charge is -2.40. The number of esters is 1. The van der Waals surface area contributed by atoms with E-state index >= 15 is 0 Å². The zero-order chi connectivity index (χ0) is 23.3. The van der Waals surface area contributed by atoms with Crippen LogP contribution in [0.15, 0.2) is 0 Å². The summed E-state index contributed by atoms with van der Waals surface area (Å²) in [4.78, 5) is 12.3. The Bertz CT molecular complexity index is 628. The van der Waals surface area contributed by atoms with Crippen LogP contribution >= 0.6 is 0 Å². The summed E-state index contributed by atoms with van der Waals surface area (Å²) in [7, 11) is 0. The summed E-state index contributed by atoms with van der Waals surface area (Å²) >= 11 is 0. The molecule has 0 aromatic heterocycles. The van der Waals surface area contributed by atoms with E-state index in [1.54, 1.807) is 13.8 Å². The predicted molar refractivity (Wildman–Crippen MR) is 92.4 cm³/mol. The maximum atomic E-state index is 12.9. The van der Waals surface area contributed by atoms with Gasteiger partial charge in [-0.1, -0.05) is 6.92 Å². The summed E-state index contributed by atoms with van der Waals surface area (Å²) in [6, 6.07) is 0. The van der Waals surface area contributed by atoms with Crippen LogP contribution in [0.2, 0.25) is 0 Å². The number of alkyl halides is 6. The highest BCUT2D eigenvalue weighted by Crippen LogP contribution is 2.48. The van der Waals surface area contributed by atoms with Gasteiger partial charge < -0.3 is 19.3 Å². The Morgan fingerprint density at radius 2 is 1.53 bits per heavy atom. The summed E-state index contributed by atoms with van der Waals surface area (Å²) in [6.07, 6.45) is -12.4. The topological polar surface area (TPSA) is 65.0 Å². The maximum absolute atomic E-state index is 12.9. The van der Waals surface area contributed by atoms with Crippen LogP contribution in [0.5, 0.6) is 0 Å². The normalized spacial score (nSPS) is 28.1. The molecule has 2 saturated heterocycles. The van der Waals surface area contributed by atoms with Crippen molar-refractivity contribution in [3.63, 3.8) is 0 Å². The number of aliphatic hydroxyl groups is 1. The van der Waals surface area contributed by atoms with Crippen molar-refractivity contribution < 1.29 is 50.5 Å². The van der Waals surface area contributed by atoms with Gasteiger partial charge in [0.1, 0.15) is 6.10 Å². The number of hydrogen-bond acceptors (Lipinski definition) is 5. The molecule has 1 N–H and O–H groups in total. The third kappa shape index (κ3) is 4.57. The zero-order valence-electron chi connectivity index (χ0n) is 17.5. The molecule has 0 aromatic rings. The van der Waals surface area contributed by atoms with Crippen LogP contribution < -0.4 is 0 Å². The molecule has 4 atom stereocenters. The van der Waals surface area contributed by atoms with Gasteiger partial charge in [0.25, 0.3) is 5.60 Å². The largest absolute Gasteiger partial charge is 0.459 e. The molecule has 0 saturated carbocycles. The van der Waals surface area contributed by atoms with Gasteiger partial charge in [0, 0.05) is 12.3 Å². The summed E-state index contributed by atoms with van der Waals surface area (Å²) in [5, 5.41) is 9.30. The van der Waals surface area contributed by atoms with Gasteiger partial charge in [-0.15, -0.1) is 0 Å². The molecule has 2 bridgehead atoms. The summed E-state index contributed by atoms with van der Waals surface area (Å²) in [5.41, 5.74) is -7.09. The Morgan fingerprint density at radius 1 is 1.00 bits per heavy atom. The minimum atomic E-state index is -5.95. The van der Waals surface area contributed by atoms with Crippen LogP contribution in [0.1, 0.15) is 53.9 Å². The van der Waals surface area contributed by atoms with E-state index in [1.807, 2.05) is 6.92 Å². The van der Waals surface area contributed by atoms with Crippen molar-refractivity contribution in [2.45, 2.75) is 95.7 Å². The van der Waals surface area contributed by atoms with Crippen molar-refractivity contribution in [2.24, 2.45) is 11.3 Å². The molecule has 176 valence electrons. The third-order valence-electron chi connectivity index (χ3n) is 6.34. The molecule has 0 aliphatic carbocycles. The molecule has 5 nitrogen and oxygen atoms in total. The number of ether oxygens (including phenoxy) is 3. The molecular formula is C19H28F6O5. The van der Waals surface area contributed by atoms with Crippen LogP contribution in [-0.4, -0.2) is 59.5 Å². The molecule has 2 fully saturated rings. The Labute approximate surface area is 171 Å². The lowest BCUT2D eigenvalue weighted by Crippen LogP contribution is -2.61. The highest BCUT2D eigenvalue weighted by molar-refractivity contribution is 5.76. The van der Waals surface area contributed by atoms with E-state index in [1.165, 1.54) is 13.8 Å². The second-order valence-electron chi connectivity index (χ2n) is 9.22. The SMILES string of the molecule is CCC(C)(C)C(=O)OC1CC2OC1CC2C(C)(C)OCC(O)(C(F)(F)F)C(F)(F)F. The zero-order valence-corrected chi connectivity index (χ0v) is 17.5. The van der Waals surface area contributed by atoms with Crippen molar-refractivity contribution in [2.75, 3.05) is 6.61 Å². The van der Waals surface area contributed by atoms with Gasteiger partial charge in [0.2, 0.25) is 0 Å². The molecule has 2 aliphatic heterocycles. The van der Waals surface area contributed by atoms with Gasteiger partial charge in [-0.3, -0.25) is 4.79 Å². The minimum absolute atomic E-state index is 0.249. The van der Waals surface area contributed by atoms with Crippen LogP contribution in [0.25, 0.3) is 0 Å². The lowest BCUT2D eigenvalue weighted by molar-refractivity contribution is -0.383. The molecule has 0 spiro atoms. The highest BCUT2D eigenvalue weighted by Gasteiger charge is 2.71. The van der Waals surface area contributed by atoms with Crippen molar-refractivity contribution in [3.8, 4) is 0 Å². The van der Waals surface area contributed by atoms with Crippen molar-refractivity contribution >= 4 is 5.97 Å². The first-order valence-electron chi connectivity index (χ1n) is 9.72. The quantitative estimate of drug-likeness (QED) is 0.466. The van der Waals surface area contributed by atoms with E-state index in [9.17, 15) is 36.2 Å². The second kappa shape index (κ2) is 7.81. The average Bonchev–Trinajstić information content (AvgIpc) is 3.18. The fraction of sp³-hybridized carbons (Fsp3) is 0.947. The summed E-state index contributed by atoms with van der Waals surface area (Å²) in [5.74, 6) is -0.916. The number of rotatable bonds is 7. The second-order valence-corrected chi connectivity index (χ2v) is 9.22. The summed E-state index contributed by atoms with van der Waals surface area (Å²) < 4.78 is 93.5. The smallest absolute Gasteiger partial charge is 0.428 e. The first-order valence-corrected chi connectivity index (χ1v) is 9.72. The van der Waals surface area contributed by atoms with Gasteiger partial charge in [-0.25, -0.2) is 0 Å². The molecule has 0 aromatic carbocycles. The van der Waals surface area contributed by atoms with Crippen LogP contribution in [0, 0.1) is 11.3 Å². The van der Waals surface area contributed by atoms with Gasteiger partial charge in [-0.2, -0.15) is 26.3 Å². The minimum Gasteiger partial charge on any atom is -0.459 e. The number of carbonyl (C=O) groups is 1. The van der Waals surface area contributed by atoms with Crippen molar-refractivity contribution in [3.05, 3.63) is 0 Å². The predicted octanol–water partition coefficient (Wildman–Crippen LogP) is 4.16. The number of fused-ring (bicyclic) bond motifs is 2. The molecule has 0 radical (unpaired) electrons. The number of halogens is 6. The first-order chi connectivity index (χ1) is 13.4. The van der Waals surface area contributed by atoms with Gasteiger partial charge >= 0.3 is 18.3 Å². The van der Waals surface area contributed by atoms with E-state index in [0.717, 1.165) is 0 Å². The molecule has 2 rings (SSSR count). The third-order valence-corrected chi connectivity index (χ3v) is 6.34. The highest BCUT2D eigenvalue weighted by atomic mass is 19.4. The Hall–Kier alpha value is -1.07. The van der Waals surface area contributed by atoms with Crippen LogP contribution in [0.4, 0.5) is 26.3 Å². The van der Waals surface area contributed by atoms with Crippen LogP contribution in [0.3, 0.4) is 0 Å². The molecule has 2 heterocycles. The molecule has 11 heteroatoms. The Kier molecular flexibility index (Phi) is 6.56. The number of hydrogen-bond donors (Lipinski definition) is 1. The number of carbonyl (C=O) groups excluding carboxylic acids is 1. The van der Waals surface area contributed by atoms with E-state index in [4.69, 9.17) is 14.2 Å². The van der Waals surface area contributed by atoms with Gasteiger partial charge in [0.05, 0.1) is 29.8 Å². The Morgan fingerprint density at radius 3 is 1.93 bits per heavy atom. The molecule has 2 aliphatic rings. The maximum Gasteiger partial charge on any atom is 0.428 e. The molecule has 0 amide bonds.